The number of hydrogen-bond donors (Lipinski definition) is 0. The number of anilines is 1. The van der Waals surface area contributed by atoms with Crippen LogP contribution in [0, 0.1) is 5.92 Å². The number of methoxy groups -OCH3 is 1. The smallest absolute Gasteiger partial charge is 0.282 e. The van der Waals surface area contributed by atoms with Crippen molar-refractivity contribution in [1.29, 1.82) is 0 Å². The molecular formula is C18H27N3O4S. The lowest BCUT2D eigenvalue weighted by Gasteiger charge is -2.41. The highest BCUT2D eigenvalue weighted by Gasteiger charge is 2.42. The molecule has 7 nitrogen and oxygen atoms in total. The quantitative estimate of drug-likeness (QED) is 0.796. The number of carbonyl (C=O) groups is 1. The van der Waals surface area contributed by atoms with Gasteiger partial charge in [-0.15, -0.1) is 0 Å². The first-order valence-electron chi connectivity index (χ1n) is 9.07. The molecule has 0 radical (unpaired) electrons. The Kier molecular flexibility index (Phi) is 5.55. The molecule has 0 unspecified atom stereocenters. The summed E-state index contributed by atoms with van der Waals surface area (Å²) >= 11 is 0. The van der Waals surface area contributed by atoms with Crippen LogP contribution in [0.25, 0.3) is 0 Å². The number of piperazine rings is 1. The summed E-state index contributed by atoms with van der Waals surface area (Å²) in [5, 5.41) is 0. The molecule has 2 aliphatic rings. The summed E-state index contributed by atoms with van der Waals surface area (Å²) in [5.41, 5.74) is 0.677. The van der Waals surface area contributed by atoms with E-state index in [1.807, 2.05) is 18.2 Å². The lowest BCUT2D eigenvalue weighted by molar-refractivity contribution is -0.123. The molecule has 1 aromatic carbocycles. The monoisotopic (exact) mass is 381 g/mol. The van der Waals surface area contributed by atoms with Crippen LogP contribution in [-0.2, 0) is 15.0 Å². The van der Waals surface area contributed by atoms with E-state index in [-0.39, 0.29) is 12.5 Å². The number of benzene rings is 1. The van der Waals surface area contributed by atoms with Crippen molar-refractivity contribution in [2.24, 2.45) is 5.92 Å². The average molecular weight is 381 g/mol. The molecule has 0 bridgehead atoms. The van der Waals surface area contributed by atoms with Crippen molar-refractivity contribution in [3.63, 3.8) is 0 Å². The highest BCUT2D eigenvalue weighted by atomic mass is 32.2. The fraction of sp³-hybridized carbons (Fsp3) is 0.611. The van der Waals surface area contributed by atoms with Crippen molar-refractivity contribution in [3.05, 3.63) is 24.3 Å². The van der Waals surface area contributed by atoms with Crippen molar-refractivity contribution >= 4 is 21.8 Å². The van der Waals surface area contributed by atoms with Crippen LogP contribution in [0.15, 0.2) is 24.3 Å². The van der Waals surface area contributed by atoms with Crippen LogP contribution in [0.3, 0.4) is 0 Å². The standard InChI is InChI=1S/C18H27N3O4S/c1-14-8-10-19(11-9-14)26(23,24)21-13-12-20(18(22)15(21)2)16-6-4-5-7-17(16)25-3/h4-7,14-15H,8-13H2,1-3H3/t15-/m1/s1. The maximum atomic E-state index is 13.0. The van der Waals surface area contributed by atoms with E-state index in [1.165, 1.54) is 8.61 Å². The molecule has 144 valence electrons. The van der Waals surface area contributed by atoms with E-state index in [2.05, 4.69) is 6.92 Å². The van der Waals surface area contributed by atoms with Gasteiger partial charge in [0.1, 0.15) is 11.8 Å². The fourth-order valence-electron chi connectivity index (χ4n) is 3.62. The van der Waals surface area contributed by atoms with Crippen LogP contribution in [0.2, 0.25) is 0 Å². The number of amides is 1. The van der Waals surface area contributed by atoms with Crippen LogP contribution in [0.1, 0.15) is 26.7 Å². The Morgan fingerprint density at radius 1 is 1.04 bits per heavy atom. The van der Waals surface area contributed by atoms with Gasteiger partial charge >= 0.3 is 0 Å². The predicted molar refractivity (Wildman–Crippen MR) is 100 cm³/mol. The largest absolute Gasteiger partial charge is 0.495 e. The average Bonchev–Trinajstić information content (AvgIpc) is 2.64. The molecular weight excluding hydrogens is 354 g/mol. The molecule has 3 rings (SSSR count). The highest BCUT2D eigenvalue weighted by Crippen LogP contribution is 2.31. The molecule has 1 amide bonds. The molecule has 1 aromatic rings. The van der Waals surface area contributed by atoms with Gasteiger partial charge in [-0.05, 0) is 37.8 Å². The minimum Gasteiger partial charge on any atom is -0.495 e. The third-order valence-corrected chi connectivity index (χ3v) is 7.45. The summed E-state index contributed by atoms with van der Waals surface area (Å²) in [6.45, 7) is 5.44. The van der Waals surface area contributed by atoms with Crippen molar-refractivity contribution in [1.82, 2.24) is 8.61 Å². The van der Waals surface area contributed by atoms with Crippen LogP contribution in [-0.4, -0.2) is 62.3 Å². The Bertz CT molecular complexity index is 759. The number of para-hydroxylation sites is 2. The summed E-state index contributed by atoms with van der Waals surface area (Å²) in [5.74, 6) is 0.923. The molecule has 1 atom stereocenters. The van der Waals surface area contributed by atoms with Crippen molar-refractivity contribution in [2.45, 2.75) is 32.7 Å². The highest BCUT2D eigenvalue weighted by molar-refractivity contribution is 7.86. The summed E-state index contributed by atoms with van der Waals surface area (Å²) in [6.07, 6.45) is 1.73. The first kappa shape index (κ1) is 19.1. The van der Waals surface area contributed by atoms with Gasteiger partial charge in [0.2, 0.25) is 5.91 Å². The van der Waals surface area contributed by atoms with E-state index in [4.69, 9.17) is 4.74 Å². The molecule has 2 heterocycles. The molecule has 26 heavy (non-hydrogen) atoms. The zero-order valence-electron chi connectivity index (χ0n) is 15.6. The van der Waals surface area contributed by atoms with Gasteiger partial charge in [-0.3, -0.25) is 4.79 Å². The Morgan fingerprint density at radius 2 is 1.69 bits per heavy atom. The zero-order valence-corrected chi connectivity index (χ0v) is 16.4. The lowest BCUT2D eigenvalue weighted by atomic mass is 10.0. The summed E-state index contributed by atoms with van der Waals surface area (Å²) in [6, 6.07) is 6.56. The van der Waals surface area contributed by atoms with Gasteiger partial charge in [0.05, 0.1) is 12.8 Å². The minimum absolute atomic E-state index is 0.227. The molecule has 8 heteroatoms. The second-order valence-electron chi connectivity index (χ2n) is 7.04. The first-order chi connectivity index (χ1) is 12.4. The molecule has 2 saturated heterocycles. The number of rotatable bonds is 4. The zero-order chi connectivity index (χ0) is 18.9. The van der Waals surface area contributed by atoms with Gasteiger partial charge in [0.25, 0.3) is 10.2 Å². The molecule has 0 aliphatic carbocycles. The van der Waals surface area contributed by atoms with E-state index < -0.39 is 16.3 Å². The minimum atomic E-state index is -3.62. The third kappa shape index (κ3) is 3.45. The Hall–Kier alpha value is -1.64. The lowest BCUT2D eigenvalue weighted by Crippen LogP contribution is -2.61. The maximum absolute atomic E-state index is 13.0. The number of carbonyl (C=O) groups excluding carboxylic acids is 1. The van der Waals surface area contributed by atoms with Crippen molar-refractivity contribution in [2.75, 3.05) is 38.2 Å². The van der Waals surface area contributed by atoms with Gasteiger partial charge in [0.15, 0.2) is 0 Å². The van der Waals surface area contributed by atoms with Crippen molar-refractivity contribution < 1.29 is 17.9 Å². The first-order valence-corrected chi connectivity index (χ1v) is 10.5. The van der Waals surface area contributed by atoms with E-state index in [0.717, 1.165) is 12.8 Å². The number of piperidine rings is 1. The molecule has 2 aliphatic heterocycles. The van der Waals surface area contributed by atoms with Crippen LogP contribution in [0.5, 0.6) is 5.75 Å². The topological polar surface area (TPSA) is 70.2 Å². The summed E-state index contributed by atoms with van der Waals surface area (Å²) < 4.78 is 34.3. The van der Waals surface area contributed by atoms with Crippen LogP contribution in [0.4, 0.5) is 5.69 Å². The van der Waals surface area contributed by atoms with E-state index in [1.54, 1.807) is 25.0 Å². The predicted octanol–water partition coefficient (Wildman–Crippen LogP) is 1.71. The molecule has 0 N–H and O–H groups in total. The second kappa shape index (κ2) is 7.54. The SMILES string of the molecule is COc1ccccc1N1CCN(S(=O)(=O)N2CCC(C)CC2)[C@H](C)C1=O. The second-order valence-corrected chi connectivity index (χ2v) is 8.92. The van der Waals surface area contributed by atoms with Gasteiger partial charge in [-0.1, -0.05) is 19.1 Å². The third-order valence-electron chi connectivity index (χ3n) is 5.34. The van der Waals surface area contributed by atoms with Crippen LogP contribution >= 0.6 is 0 Å². The number of hydrogen-bond acceptors (Lipinski definition) is 4. The Labute approximate surface area is 155 Å². The number of nitrogens with zero attached hydrogens (tertiary/aromatic N) is 3. The molecule has 0 saturated carbocycles. The number of ether oxygens (including phenoxy) is 1. The maximum Gasteiger partial charge on any atom is 0.282 e. The van der Waals surface area contributed by atoms with Gasteiger partial charge in [-0.25, -0.2) is 0 Å². The summed E-state index contributed by atoms with van der Waals surface area (Å²) in [4.78, 5) is 14.6. The van der Waals surface area contributed by atoms with E-state index in [9.17, 15) is 13.2 Å². The van der Waals surface area contributed by atoms with Gasteiger partial charge < -0.3 is 9.64 Å². The molecule has 0 spiro atoms. The Morgan fingerprint density at radius 3 is 2.35 bits per heavy atom. The van der Waals surface area contributed by atoms with Gasteiger partial charge in [0, 0.05) is 26.2 Å². The summed E-state index contributed by atoms with van der Waals surface area (Å²) in [7, 11) is -2.06. The normalized spacial score (nSPS) is 24.0. The fourth-order valence-corrected chi connectivity index (χ4v) is 5.39. The molecule has 2 fully saturated rings. The van der Waals surface area contributed by atoms with Gasteiger partial charge in [-0.2, -0.15) is 17.0 Å². The van der Waals surface area contributed by atoms with Crippen LogP contribution < -0.4 is 9.64 Å². The van der Waals surface area contributed by atoms with Crippen molar-refractivity contribution in [3.8, 4) is 5.75 Å². The van der Waals surface area contributed by atoms with E-state index >= 15 is 0 Å². The Balaban J connectivity index is 1.79. The molecule has 0 aromatic heterocycles. The van der Waals surface area contributed by atoms with E-state index in [0.29, 0.717) is 37.0 Å².